The van der Waals surface area contributed by atoms with Gasteiger partial charge in [0.25, 0.3) is 0 Å². The van der Waals surface area contributed by atoms with E-state index >= 15 is 0 Å². The summed E-state index contributed by atoms with van der Waals surface area (Å²) in [5.41, 5.74) is -1.31. The third-order valence-electron chi connectivity index (χ3n) is 8.00. The quantitative estimate of drug-likeness (QED) is 0.487. The molecule has 2 fully saturated rings. The number of nitrogens with one attached hydrogen (secondary N) is 1. The third-order valence-corrected chi connectivity index (χ3v) is 8.00. The maximum Gasteiger partial charge on any atom is 0.408 e. The highest BCUT2D eigenvalue weighted by Gasteiger charge is 2.65. The van der Waals surface area contributed by atoms with Crippen molar-refractivity contribution in [2.75, 3.05) is 13.1 Å². The number of benzene rings is 1. The van der Waals surface area contributed by atoms with Crippen LogP contribution in [0, 0.1) is 11.3 Å². The molecule has 0 aliphatic carbocycles. The molecule has 3 amide bonds. The Labute approximate surface area is 220 Å². The Hall–Kier alpha value is -2.65. The second-order valence-electron chi connectivity index (χ2n) is 11.6. The van der Waals surface area contributed by atoms with Crippen molar-refractivity contribution < 1.29 is 29.3 Å². The Bertz CT molecular complexity index is 956. The van der Waals surface area contributed by atoms with Gasteiger partial charge in [0.15, 0.2) is 5.54 Å². The van der Waals surface area contributed by atoms with Crippen molar-refractivity contribution >= 4 is 17.9 Å². The highest BCUT2D eigenvalue weighted by atomic mass is 16.5. The van der Waals surface area contributed by atoms with Crippen molar-refractivity contribution in [1.29, 1.82) is 0 Å². The summed E-state index contributed by atoms with van der Waals surface area (Å²) in [7, 11) is 0. The van der Waals surface area contributed by atoms with E-state index in [0.29, 0.717) is 19.5 Å². The van der Waals surface area contributed by atoms with Crippen LogP contribution in [0.15, 0.2) is 30.3 Å². The standard InChI is InChI=1S/C28H43N3O6/c1-18-16-22(27(4,5)6)28(20(3)32,31(18)26(35)36)25(34)29-23(24(33)30-14-10-11-15-30)19(2)37-17-21-12-8-7-9-13-21/h7-9,12-13,18-20,22-23,32H,10-11,14-17H2,1-6H3,(H,29,34)(H,35,36)/t18?,19-,20?,22?,23+,28?/m1/s1. The Morgan fingerprint density at radius 3 is 2.24 bits per heavy atom. The molecular weight excluding hydrogens is 474 g/mol. The maximum atomic E-state index is 14.2. The van der Waals surface area contributed by atoms with Crippen LogP contribution in [0.5, 0.6) is 0 Å². The molecule has 1 aromatic rings. The van der Waals surface area contributed by atoms with E-state index in [-0.39, 0.29) is 12.5 Å². The highest BCUT2D eigenvalue weighted by molar-refractivity contribution is 5.95. The van der Waals surface area contributed by atoms with Crippen LogP contribution in [0.3, 0.4) is 0 Å². The number of aliphatic hydroxyl groups is 1. The van der Waals surface area contributed by atoms with Crippen molar-refractivity contribution in [1.82, 2.24) is 15.1 Å². The van der Waals surface area contributed by atoms with Crippen LogP contribution in [0.1, 0.15) is 66.4 Å². The molecule has 0 radical (unpaired) electrons. The topological polar surface area (TPSA) is 119 Å². The SMILES string of the molecule is CC1CC(C(C)(C)C)C(C(=O)N[C@H](C(=O)N2CCCC2)[C@@H](C)OCc2ccccc2)(C(C)O)N1C(=O)O. The normalized spacial score (nSPS) is 26.6. The van der Waals surface area contributed by atoms with Crippen molar-refractivity contribution in [2.45, 2.75) is 97.2 Å². The van der Waals surface area contributed by atoms with Gasteiger partial charge in [0.2, 0.25) is 11.8 Å². The van der Waals surface area contributed by atoms with Gasteiger partial charge in [-0.1, -0.05) is 51.1 Å². The molecular formula is C28H43N3O6. The minimum atomic E-state index is -1.76. The molecule has 0 spiro atoms. The van der Waals surface area contributed by atoms with Gasteiger partial charge in [0.1, 0.15) is 6.04 Å². The average Bonchev–Trinajstić information content (AvgIpc) is 3.47. The van der Waals surface area contributed by atoms with Crippen LogP contribution < -0.4 is 5.32 Å². The summed E-state index contributed by atoms with van der Waals surface area (Å²) in [5.74, 6) is -1.40. The zero-order valence-electron chi connectivity index (χ0n) is 22.9. The molecule has 9 nitrogen and oxygen atoms in total. The molecule has 0 aromatic heterocycles. The van der Waals surface area contributed by atoms with Crippen LogP contribution in [-0.4, -0.2) is 80.8 Å². The summed E-state index contributed by atoms with van der Waals surface area (Å²) < 4.78 is 6.06. The number of carbonyl (C=O) groups is 3. The number of hydrogen-bond donors (Lipinski definition) is 3. The van der Waals surface area contributed by atoms with Crippen LogP contribution in [-0.2, 0) is 20.9 Å². The van der Waals surface area contributed by atoms with Gasteiger partial charge in [-0.25, -0.2) is 4.79 Å². The molecule has 4 unspecified atom stereocenters. The molecule has 0 saturated carbocycles. The van der Waals surface area contributed by atoms with Gasteiger partial charge in [-0.05, 0) is 51.0 Å². The van der Waals surface area contributed by atoms with Gasteiger partial charge < -0.3 is 25.2 Å². The Kier molecular flexibility index (Phi) is 8.90. The van der Waals surface area contributed by atoms with Crippen molar-refractivity contribution in [3.8, 4) is 0 Å². The number of hydrogen-bond acceptors (Lipinski definition) is 5. The summed E-state index contributed by atoms with van der Waals surface area (Å²) in [6.07, 6.45) is -1.07. The van der Waals surface area contributed by atoms with E-state index in [2.05, 4.69) is 5.32 Å². The largest absolute Gasteiger partial charge is 0.465 e. The molecule has 2 aliphatic rings. The van der Waals surface area contributed by atoms with Crippen LogP contribution in [0.25, 0.3) is 0 Å². The summed E-state index contributed by atoms with van der Waals surface area (Å²) >= 11 is 0. The van der Waals surface area contributed by atoms with Gasteiger partial charge in [-0.3, -0.25) is 14.5 Å². The highest BCUT2D eigenvalue weighted by Crippen LogP contribution is 2.50. The summed E-state index contributed by atoms with van der Waals surface area (Å²) in [4.78, 5) is 43.1. The van der Waals surface area contributed by atoms with Gasteiger partial charge in [-0.2, -0.15) is 0 Å². The van der Waals surface area contributed by atoms with E-state index in [1.807, 2.05) is 51.1 Å². The van der Waals surface area contributed by atoms with E-state index in [1.165, 1.54) is 6.92 Å². The second-order valence-corrected chi connectivity index (χ2v) is 11.6. The zero-order valence-corrected chi connectivity index (χ0v) is 22.9. The van der Waals surface area contributed by atoms with Crippen LogP contribution in [0.2, 0.25) is 0 Å². The Morgan fingerprint density at radius 1 is 1.14 bits per heavy atom. The third kappa shape index (κ3) is 5.77. The molecule has 3 N–H and O–H groups in total. The van der Waals surface area contributed by atoms with Crippen molar-refractivity contribution in [3.63, 3.8) is 0 Å². The molecule has 2 heterocycles. The number of rotatable bonds is 8. The van der Waals surface area contributed by atoms with E-state index < -0.39 is 53.2 Å². The molecule has 3 rings (SSSR count). The molecule has 37 heavy (non-hydrogen) atoms. The number of carbonyl (C=O) groups excluding carboxylic acids is 2. The first-order chi connectivity index (χ1) is 17.3. The lowest BCUT2D eigenvalue weighted by Crippen LogP contribution is -2.70. The minimum absolute atomic E-state index is 0.256. The number of amides is 3. The fourth-order valence-electron chi connectivity index (χ4n) is 6.14. The molecule has 1 aromatic carbocycles. The molecule has 6 atom stereocenters. The monoisotopic (exact) mass is 517 g/mol. The first-order valence-electron chi connectivity index (χ1n) is 13.3. The van der Waals surface area contributed by atoms with Crippen LogP contribution >= 0.6 is 0 Å². The predicted molar refractivity (Wildman–Crippen MR) is 140 cm³/mol. The van der Waals surface area contributed by atoms with Gasteiger partial charge >= 0.3 is 6.09 Å². The summed E-state index contributed by atoms with van der Waals surface area (Å²) in [6.45, 7) is 12.2. The average molecular weight is 518 g/mol. The van der Waals surface area contributed by atoms with E-state index in [1.54, 1.807) is 18.7 Å². The smallest absolute Gasteiger partial charge is 0.408 e. The van der Waals surface area contributed by atoms with E-state index in [0.717, 1.165) is 23.3 Å². The fraction of sp³-hybridized carbons (Fsp3) is 0.679. The Morgan fingerprint density at radius 2 is 1.73 bits per heavy atom. The first-order valence-corrected chi connectivity index (χ1v) is 13.3. The summed E-state index contributed by atoms with van der Waals surface area (Å²) in [5, 5.41) is 24.2. The second kappa shape index (κ2) is 11.4. The lowest BCUT2D eigenvalue weighted by atomic mass is 9.66. The lowest BCUT2D eigenvalue weighted by Gasteiger charge is -2.47. The number of nitrogens with zero attached hydrogens (tertiary/aromatic N) is 2. The predicted octanol–water partition coefficient (Wildman–Crippen LogP) is 3.25. The lowest BCUT2D eigenvalue weighted by molar-refractivity contribution is -0.151. The Balaban J connectivity index is 1.97. The van der Waals surface area contributed by atoms with Gasteiger partial charge in [-0.15, -0.1) is 0 Å². The van der Waals surface area contributed by atoms with E-state index in [9.17, 15) is 24.6 Å². The van der Waals surface area contributed by atoms with Gasteiger partial charge in [0, 0.05) is 25.0 Å². The maximum absolute atomic E-state index is 14.2. The number of likely N-dealkylation sites (tertiary alicyclic amines) is 2. The molecule has 2 aliphatic heterocycles. The van der Waals surface area contributed by atoms with Crippen molar-refractivity contribution in [2.24, 2.45) is 11.3 Å². The first kappa shape index (κ1) is 28.9. The fourth-order valence-corrected chi connectivity index (χ4v) is 6.14. The number of aliphatic hydroxyl groups excluding tert-OH is 1. The molecule has 9 heteroatoms. The van der Waals surface area contributed by atoms with Gasteiger partial charge in [0.05, 0.1) is 18.8 Å². The van der Waals surface area contributed by atoms with E-state index in [4.69, 9.17) is 4.74 Å². The summed E-state index contributed by atoms with van der Waals surface area (Å²) in [6, 6.07) is 8.04. The zero-order chi connectivity index (χ0) is 27.5. The van der Waals surface area contributed by atoms with Crippen molar-refractivity contribution in [3.05, 3.63) is 35.9 Å². The number of carboxylic acid groups (broad SMARTS) is 1. The van der Waals surface area contributed by atoms with Crippen LogP contribution in [0.4, 0.5) is 4.79 Å². The molecule has 0 bridgehead atoms. The number of ether oxygens (including phenoxy) is 1. The minimum Gasteiger partial charge on any atom is -0.465 e. The molecule has 206 valence electrons. The molecule has 2 saturated heterocycles.